The molecule has 2 unspecified atom stereocenters. The number of carbonyl (C=O) groups excluding carboxylic acids is 1. The van der Waals surface area contributed by atoms with Crippen LogP contribution in [0.3, 0.4) is 0 Å². The summed E-state index contributed by atoms with van der Waals surface area (Å²) in [7, 11) is 5.39. The summed E-state index contributed by atoms with van der Waals surface area (Å²) in [6, 6.07) is 0.328. The Kier molecular flexibility index (Phi) is 6.92. The fourth-order valence-corrected chi connectivity index (χ4v) is 2.79. The molecule has 0 aromatic heterocycles. The molecule has 1 aliphatic heterocycles. The molecule has 0 aromatic carbocycles. The number of likely N-dealkylation sites (tertiary alicyclic amines) is 1. The van der Waals surface area contributed by atoms with Gasteiger partial charge in [0.2, 0.25) is 0 Å². The molecule has 0 saturated carbocycles. The first kappa shape index (κ1) is 17.4. The van der Waals surface area contributed by atoms with Crippen molar-refractivity contribution in [2.24, 2.45) is 0 Å². The maximum absolute atomic E-state index is 11.9. The Morgan fingerprint density at radius 3 is 2.55 bits per heavy atom. The van der Waals surface area contributed by atoms with E-state index in [1.807, 2.05) is 14.0 Å². The second-order valence-electron chi connectivity index (χ2n) is 6.16. The van der Waals surface area contributed by atoms with Crippen molar-refractivity contribution in [3.8, 4) is 0 Å². The number of likely N-dealkylation sites (N-methyl/N-ethyl adjacent to an activating group) is 2. The third kappa shape index (κ3) is 4.72. The van der Waals surface area contributed by atoms with Crippen LogP contribution in [0.25, 0.3) is 0 Å². The van der Waals surface area contributed by atoms with Gasteiger partial charge in [-0.3, -0.25) is 4.79 Å². The van der Waals surface area contributed by atoms with Crippen molar-refractivity contribution in [1.29, 1.82) is 0 Å². The van der Waals surface area contributed by atoms with E-state index in [2.05, 4.69) is 29.1 Å². The summed E-state index contributed by atoms with van der Waals surface area (Å²) in [5.41, 5.74) is -0.615. The molecule has 0 spiro atoms. The summed E-state index contributed by atoms with van der Waals surface area (Å²) in [6.45, 7) is 8.71. The molecule has 5 nitrogen and oxygen atoms in total. The lowest BCUT2D eigenvalue weighted by molar-refractivity contribution is -0.148. The van der Waals surface area contributed by atoms with Crippen LogP contribution in [0, 0.1) is 0 Å². The topological polar surface area (TPSA) is 44.8 Å². The highest BCUT2D eigenvalue weighted by Crippen LogP contribution is 2.17. The zero-order chi connectivity index (χ0) is 15.2. The number of nitrogens with zero attached hydrogens (tertiary/aromatic N) is 2. The molecule has 0 amide bonds. The molecule has 5 heteroatoms. The number of ether oxygens (including phenoxy) is 1. The van der Waals surface area contributed by atoms with E-state index in [-0.39, 0.29) is 5.97 Å². The van der Waals surface area contributed by atoms with Gasteiger partial charge in [0, 0.05) is 19.1 Å². The molecule has 0 bridgehead atoms. The van der Waals surface area contributed by atoms with Gasteiger partial charge in [-0.05, 0) is 60.3 Å². The summed E-state index contributed by atoms with van der Waals surface area (Å²) in [4.78, 5) is 16.7. The van der Waals surface area contributed by atoms with Crippen molar-refractivity contribution in [1.82, 2.24) is 15.1 Å². The fourth-order valence-electron chi connectivity index (χ4n) is 2.79. The number of esters is 1. The quantitative estimate of drug-likeness (QED) is 0.673. The zero-order valence-corrected chi connectivity index (χ0v) is 13.7. The zero-order valence-electron chi connectivity index (χ0n) is 13.7. The Bertz CT molecular complexity index is 305. The Labute approximate surface area is 123 Å². The second-order valence-corrected chi connectivity index (χ2v) is 6.16. The molecule has 0 aliphatic carbocycles. The Morgan fingerprint density at radius 2 is 2.05 bits per heavy atom. The van der Waals surface area contributed by atoms with E-state index >= 15 is 0 Å². The first-order valence-corrected chi connectivity index (χ1v) is 7.63. The maximum Gasteiger partial charge on any atom is 0.325 e. The molecule has 1 fully saturated rings. The number of hydrogen-bond acceptors (Lipinski definition) is 5. The van der Waals surface area contributed by atoms with Gasteiger partial charge >= 0.3 is 5.97 Å². The van der Waals surface area contributed by atoms with E-state index in [4.69, 9.17) is 4.74 Å². The van der Waals surface area contributed by atoms with Crippen LogP contribution in [0.2, 0.25) is 0 Å². The Balaban J connectivity index is 2.42. The van der Waals surface area contributed by atoms with Crippen molar-refractivity contribution in [2.45, 2.75) is 44.7 Å². The van der Waals surface area contributed by atoms with Crippen LogP contribution in [0.4, 0.5) is 0 Å². The predicted octanol–water partition coefficient (Wildman–Crippen LogP) is 0.944. The summed E-state index contributed by atoms with van der Waals surface area (Å²) in [6.07, 6.45) is 3.41. The summed E-state index contributed by atoms with van der Waals surface area (Å²) < 4.78 is 4.90. The molecule has 1 N–H and O–H groups in total. The molecule has 0 aromatic rings. The molecule has 20 heavy (non-hydrogen) atoms. The van der Waals surface area contributed by atoms with E-state index < -0.39 is 5.54 Å². The van der Waals surface area contributed by atoms with Crippen LogP contribution in [0.5, 0.6) is 0 Å². The number of hydrogen-bond donors (Lipinski definition) is 1. The smallest absolute Gasteiger partial charge is 0.325 e. The molecule has 1 saturated heterocycles. The van der Waals surface area contributed by atoms with Gasteiger partial charge in [-0.2, -0.15) is 0 Å². The van der Waals surface area contributed by atoms with E-state index in [9.17, 15) is 4.79 Å². The summed E-state index contributed by atoms with van der Waals surface area (Å²) in [5, 5.41) is 3.10. The van der Waals surface area contributed by atoms with Crippen LogP contribution < -0.4 is 5.32 Å². The highest BCUT2D eigenvalue weighted by Gasteiger charge is 2.35. The second kappa shape index (κ2) is 7.96. The van der Waals surface area contributed by atoms with Gasteiger partial charge < -0.3 is 19.9 Å². The molecule has 118 valence electrons. The highest BCUT2D eigenvalue weighted by atomic mass is 16.5. The first-order valence-electron chi connectivity index (χ1n) is 7.63. The van der Waals surface area contributed by atoms with Gasteiger partial charge in [-0.15, -0.1) is 0 Å². The summed E-state index contributed by atoms with van der Waals surface area (Å²) in [5.74, 6) is -0.195. The molecule has 1 aliphatic rings. The van der Waals surface area contributed by atoms with E-state index in [1.165, 1.54) is 33.0 Å². The lowest BCUT2D eigenvalue weighted by Gasteiger charge is -2.34. The van der Waals surface area contributed by atoms with E-state index in [0.29, 0.717) is 6.04 Å². The van der Waals surface area contributed by atoms with Crippen LogP contribution in [0.1, 0.15) is 33.1 Å². The van der Waals surface area contributed by atoms with Crippen LogP contribution in [0.15, 0.2) is 0 Å². The number of methoxy groups -OCH3 is 1. The van der Waals surface area contributed by atoms with Crippen LogP contribution >= 0.6 is 0 Å². The third-order valence-corrected chi connectivity index (χ3v) is 4.61. The van der Waals surface area contributed by atoms with Crippen LogP contribution in [-0.2, 0) is 9.53 Å². The van der Waals surface area contributed by atoms with Crippen molar-refractivity contribution in [3.63, 3.8) is 0 Å². The third-order valence-electron chi connectivity index (χ3n) is 4.61. The minimum atomic E-state index is -0.615. The molecule has 2 atom stereocenters. The van der Waals surface area contributed by atoms with Crippen LogP contribution in [-0.4, -0.2) is 74.7 Å². The highest BCUT2D eigenvalue weighted by molar-refractivity contribution is 5.80. The molecular formula is C15H31N3O2. The van der Waals surface area contributed by atoms with Gasteiger partial charge in [0.25, 0.3) is 0 Å². The molecule has 1 heterocycles. The monoisotopic (exact) mass is 285 g/mol. The summed E-state index contributed by atoms with van der Waals surface area (Å²) >= 11 is 0. The van der Waals surface area contributed by atoms with E-state index in [1.54, 1.807) is 0 Å². The Morgan fingerprint density at radius 1 is 1.45 bits per heavy atom. The molecule has 1 rings (SSSR count). The normalized spacial score (nSPS) is 20.9. The number of nitrogens with one attached hydrogen (secondary N) is 1. The Hall–Kier alpha value is -0.650. The largest absolute Gasteiger partial charge is 0.468 e. The average molecular weight is 285 g/mol. The lowest BCUT2D eigenvalue weighted by atomic mass is 9.93. The minimum Gasteiger partial charge on any atom is -0.468 e. The van der Waals surface area contributed by atoms with Gasteiger partial charge in [-0.1, -0.05) is 0 Å². The van der Waals surface area contributed by atoms with E-state index in [0.717, 1.165) is 19.5 Å². The van der Waals surface area contributed by atoms with Crippen molar-refractivity contribution in [2.75, 3.05) is 47.4 Å². The van der Waals surface area contributed by atoms with Gasteiger partial charge in [-0.25, -0.2) is 0 Å². The lowest BCUT2D eigenvalue weighted by Crippen LogP contribution is -2.52. The van der Waals surface area contributed by atoms with Gasteiger partial charge in [0.15, 0.2) is 0 Å². The maximum atomic E-state index is 11.9. The van der Waals surface area contributed by atoms with Crippen molar-refractivity contribution >= 4 is 5.97 Å². The van der Waals surface area contributed by atoms with Crippen molar-refractivity contribution < 1.29 is 9.53 Å². The van der Waals surface area contributed by atoms with Crippen molar-refractivity contribution in [3.05, 3.63) is 0 Å². The predicted molar refractivity (Wildman–Crippen MR) is 81.9 cm³/mol. The van der Waals surface area contributed by atoms with Gasteiger partial charge in [0.05, 0.1) is 7.11 Å². The first-order chi connectivity index (χ1) is 9.42. The molecular weight excluding hydrogens is 254 g/mol. The average Bonchev–Trinajstić information content (AvgIpc) is 2.96. The number of carbonyl (C=O) groups is 1. The van der Waals surface area contributed by atoms with Gasteiger partial charge in [0.1, 0.15) is 5.54 Å². The molecule has 0 radical (unpaired) electrons. The minimum absolute atomic E-state index is 0.195. The standard InChI is InChI=1S/C15H31N3O2/c1-13(12-15(2,16-3)14(19)20-5)17(4)10-11-18-8-6-7-9-18/h13,16H,6-12H2,1-5H3. The fraction of sp³-hybridized carbons (Fsp3) is 0.933. The SMILES string of the molecule is CNC(C)(CC(C)N(C)CCN1CCCC1)C(=O)OC. The number of rotatable bonds is 8.